The number of allylic oxidation sites excluding steroid dienone is 1. The van der Waals surface area contributed by atoms with E-state index in [0.29, 0.717) is 6.61 Å². The molecule has 0 N–H and O–H groups in total. The topological polar surface area (TPSA) is 29.5 Å². The van der Waals surface area contributed by atoms with E-state index in [-0.39, 0.29) is 12.1 Å². The van der Waals surface area contributed by atoms with E-state index in [1.165, 1.54) is 32.1 Å². The number of unbranched alkanes of at least 4 members (excludes halogenated alkanes) is 6. The van der Waals surface area contributed by atoms with Gasteiger partial charge in [-0.2, -0.15) is 0 Å². The number of amides is 1. The molecular weight excluding hydrogens is 226 g/mol. The van der Waals surface area contributed by atoms with Crippen LogP contribution in [0.2, 0.25) is 0 Å². The molecule has 0 radical (unpaired) electrons. The highest BCUT2D eigenvalue weighted by Crippen LogP contribution is 2.17. The number of ether oxygens (including phenoxy) is 1. The van der Waals surface area contributed by atoms with E-state index >= 15 is 0 Å². The summed E-state index contributed by atoms with van der Waals surface area (Å²) >= 11 is 0. The molecule has 0 aliphatic carbocycles. The Morgan fingerprint density at radius 3 is 2.61 bits per heavy atom. The first-order valence-corrected chi connectivity index (χ1v) is 7.25. The van der Waals surface area contributed by atoms with Gasteiger partial charge in [-0.15, -0.1) is 6.58 Å². The lowest BCUT2D eigenvalue weighted by molar-refractivity contribution is -0.133. The van der Waals surface area contributed by atoms with Crippen LogP contribution >= 0.6 is 0 Å². The number of hydrogen-bond donors (Lipinski definition) is 0. The highest BCUT2D eigenvalue weighted by Gasteiger charge is 2.26. The van der Waals surface area contributed by atoms with Crippen molar-refractivity contribution >= 4 is 5.91 Å². The van der Waals surface area contributed by atoms with Crippen molar-refractivity contribution in [1.82, 2.24) is 4.90 Å². The maximum Gasteiger partial charge on any atom is 0.221 e. The Balaban J connectivity index is 1.97. The van der Waals surface area contributed by atoms with Crippen LogP contribution in [-0.2, 0) is 9.53 Å². The molecule has 0 bridgehead atoms. The van der Waals surface area contributed by atoms with E-state index in [1.54, 1.807) is 6.92 Å². The number of carbonyl (C=O) groups is 1. The number of nitrogens with zero attached hydrogens (tertiary/aromatic N) is 1. The van der Waals surface area contributed by atoms with Crippen molar-refractivity contribution in [2.45, 2.75) is 64.5 Å². The zero-order chi connectivity index (χ0) is 13.2. The predicted octanol–water partition coefficient (Wildman–Crippen LogP) is 3.50. The standard InChI is InChI=1S/C15H27NO2/c1-3-4-5-6-7-8-9-10-11-15-16(14(2)17)12-13-18-15/h3,15H,1,4-13H2,2H3. The Morgan fingerprint density at radius 1 is 1.28 bits per heavy atom. The Kier molecular flexibility index (Phi) is 7.74. The third-order valence-electron chi connectivity index (χ3n) is 3.50. The van der Waals surface area contributed by atoms with Crippen molar-refractivity contribution in [1.29, 1.82) is 0 Å². The van der Waals surface area contributed by atoms with Gasteiger partial charge in [0.25, 0.3) is 0 Å². The molecule has 3 heteroatoms. The molecule has 1 aliphatic rings. The molecule has 0 aromatic carbocycles. The molecule has 3 nitrogen and oxygen atoms in total. The van der Waals surface area contributed by atoms with Gasteiger partial charge in [0.15, 0.2) is 0 Å². The summed E-state index contributed by atoms with van der Waals surface area (Å²) in [4.78, 5) is 13.2. The number of carbonyl (C=O) groups excluding carboxylic acids is 1. The van der Waals surface area contributed by atoms with Gasteiger partial charge in [-0.1, -0.05) is 31.8 Å². The summed E-state index contributed by atoms with van der Waals surface area (Å²) in [5, 5.41) is 0. The summed E-state index contributed by atoms with van der Waals surface area (Å²) in [5.41, 5.74) is 0. The summed E-state index contributed by atoms with van der Waals surface area (Å²) in [6.07, 6.45) is 11.8. The van der Waals surface area contributed by atoms with Crippen LogP contribution in [0, 0.1) is 0 Å². The molecule has 1 saturated heterocycles. The van der Waals surface area contributed by atoms with Crippen LogP contribution < -0.4 is 0 Å². The smallest absolute Gasteiger partial charge is 0.221 e. The van der Waals surface area contributed by atoms with Gasteiger partial charge in [0.05, 0.1) is 6.61 Å². The summed E-state index contributed by atoms with van der Waals surface area (Å²) in [6, 6.07) is 0. The van der Waals surface area contributed by atoms with Gasteiger partial charge >= 0.3 is 0 Å². The average Bonchev–Trinajstić information content (AvgIpc) is 2.81. The molecule has 1 rings (SSSR count). The lowest BCUT2D eigenvalue weighted by Gasteiger charge is -2.21. The fourth-order valence-electron chi connectivity index (χ4n) is 2.44. The van der Waals surface area contributed by atoms with Gasteiger partial charge < -0.3 is 9.64 Å². The van der Waals surface area contributed by atoms with E-state index in [9.17, 15) is 4.79 Å². The van der Waals surface area contributed by atoms with Crippen LogP contribution in [0.4, 0.5) is 0 Å². The number of hydrogen-bond acceptors (Lipinski definition) is 2. The molecule has 18 heavy (non-hydrogen) atoms. The SMILES string of the molecule is C=CCCCCCCCCC1OCCN1C(C)=O. The van der Waals surface area contributed by atoms with E-state index in [0.717, 1.165) is 25.8 Å². The van der Waals surface area contributed by atoms with Gasteiger partial charge in [-0.3, -0.25) is 4.79 Å². The second kappa shape index (κ2) is 9.15. The van der Waals surface area contributed by atoms with Crippen LogP contribution in [0.25, 0.3) is 0 Å². The fraction of sp³-hybridized carbons (Fsp3) is 0.800. The first kappa shape index (κ1) is 15.2. The first-order chi connectivity index (χ1) is 8.75. The Hall–Kier alpha value is -0.830. The molecule has 1 unspecified atom stereocenters. The van der Waals surface area contributed by atoms with Crippen molar-refractivity contribution < 1.29 is 9.53 Å². The fourth-order valence-corrected chi connectivity index (χ4v) is 2.44. The third kappa shape index (κ3) is 5.67. The molecule has 1 atom stereocenters. The minimum absolute atomic E-state index is 0.0447. The molecule has 1 aliphatic heterocycles. The molecule has 104 valence electrons. The van der Waals surface area contributed by atoms with E-state index in [2.05, 4.69) is 6.58 Å². The molecule has 1 amide bonds. The summed E-state index contributed by atoms with van der Waals surface area (Å²) in [6.45, 7) is 6.82. The van der Waals surface area contributed by atoms with E-state index < -0.39 is 0 Å². The Morgan fingerprint density at radius 2 is 1.94 bits per heavy atom. The lowest BCUT2D eigenvalue weighted by atomic mass is 10.1. The normalized spacial score (nSPS) is 19.2. The maximum atomic E-state index is 11.3. The van der Waals surface area contributed by atoms with Gasteiger partial charge in [0.2, 0.25) is 5.91 Å². The van der Waals surface area contributed by atoms with Gasteiger partial charge in [-0.05, 0) is 25.7 Å². The highest BCUT2D eigenvalue weighted by atomic mass is 16.5. The van der Waals surface area contributed by atoms with Crippen molar-refractivity contribution in [3.05, 3.63) is 12.7 Å². The monoisotopic (exact) mass is 253 g/mol. The van der Waals surface area contributed by atoms with Crippen molar-refractivity contribution in [2.24, 2.45) is 0 Å². The molecule has 1 heterocycles. The zero-order valence-corrected chi connectivity index (χ0v) is 11.7. The highest BCUT2D eigenvalue weighted by molar-refractivity contribution is 5.73. The Labute approximate surface area is 111 Å². The summed E-state index contributed by atoms with van der Waals surface area (Å²) in [5.74, 6) is 0.141. The van der Waals surface area contributed by atoms with Crippen LogP contribution in [0.5, 0.6) is 0 Å². The van der Waals surface area contributed by atoms with Gasteiger partial charge in [-0.25, -0.2) is 0 Å². The van der Waals surface area contributed by atoms with Crippen LogP contribution in [0.3, 0.4) is 0 Å². The molecule has 0 saturated carbocycles. The van der Waals surface area contributed by atoms with E-state index in [1.807, 2.05) is 11.0 Å². The van der Waals surface area contributed by atoms with Crippen molar-refractivity contribution in [3.63, 3.8) is 0 Å². The maximum absolute atomic E-state index is 11.3. The van der Waals surface area contributed by atoms with Crippen LogP contribution in [0.15, 0.2) is 12.7 Å². The molecule has 0 spiro atoms. The summed E-state index contributed by atoms with van der Waals surface area (Å²) < 4.78 is 5.58. The summed E-state index contributed by atoms with van der Waals surface area (Å²) in [7, 11) is 0. The number of rotatable bonds is 9. The third-order valence-corrected chi connectivity index (χ3v) is 3.50. The average molecular weight is 253 g/mol. The lowest BCUT2D eigenvalue weighted by Crippen LogP contribution is -2.34. The molecule has 0 aromatic heterocycles. The van der Waals surface area contributed by atoms with Crippen LogP contribution in [0.1, 0.15) is 58.3 Å². The Bertz CT molecular complexity index is 253. The molecule has 1 fully saturated rings. The van der Waals surface area contributed by atoms with Crippen molar-refractivity contribution in [2.75, 3.05) is 13.2 Å². The minimum Gasteiger partial charge on any atom is -0.356 e. The zero-order valence-electron chi connectivity index (χ0n) is 11.7. The van der Waals surface area contributed by atoms with Crippen LogP contribution in [-0.4, -0.2) is 30.2 Å². The first-order valence-electron chi connectivity index (χ1n) is 7.25. The molecule has 0 aromatic rings. The minimum atomic E-state index is 0.0447. The largest absolute Gasteiger partial charge is 0.356 e. The second-order valence-corrected chi connectivity index (χ2v) is 5.03. The predicted molar refractivity (Wildman–Crippen MR) is 74.3 cm³/mol. The van der Waals surface area contributed by atoms with Crippen molar-refractivity contribution in [3.8, 4) is 0 Å². The molecular formula is C15H27NO2. The van der Waals surface area contributed by atoms with E-state index in [4.69, 9.17) is 4.74 Å². The van der Waals surface area contributed by atoms with Gasteiger partial charge in [0.1, 0.15) is 6.23 Å². The quantitative estimate of drug-likeness (QED) is 0.465. The van der Waals surface area contributed by atoms with Gasteiger partial charge in [0, 0.05) is 13.5 Å². The second-order valence-electron chi connectivity index (χ2n) is 5.03.